The third-order valence-corrected chi connectivity index (χ3v) is 7.97. The van der Waals surface area contributed by atoms with Gasteiger partial charge in [0.15, 0.2) is 5.78 Å². The number of ether oxygens (including phenoxy) is 1. The Morgan fingerprint density at radius 1 is 1.28 bits per heavy atom. The number of hydrogen-bond donors (Lipinski definition) is 1. The Kier molecular flexibility index (Phi) is 7.44. The van der Waals surface area contributed by atoms with Gasteiger partial charge in [-0.05, 0) is 48.2 Å². The van der Waals surface area contributed by atoms with Crippen molar-refractivity contribution in [1.82, 2.24) is 5.32 Å². The Labute approximate surface area is 202 Å². The number of dihydropyridines is 1. The average molecular weight is 488 g/mol. The highest BCUT2D eigenvalue weighted by Crippen LogP contribution is 2.46. The van der Waals surface area contributed by atoms with Crippen LogP contribution in [0.25, 0.3) is 0 Å². The summed E-state index contributed by atoms with van der Waals surface area (Å²) in [6.45, 7) is 4.31. The van der Waals surface area contributed by atoms with E-state index >= 15 is 0 Å². The molecule has 0 saturated carbocycles. The summed E-state index contributed by atoms with van der Waals surface area (Å²) in [4.78, 5) is 27.9. The molecule has 2 aromatic rings. The summed E-state index contributed by atoms with van der Waals surface area (Å²) >= 11 is 9.70. The van der Waals surface area contributed by atoms with E-state index in [-0.39, 0.29) is 17.7 Å². The summed E-state index contributed by atoms with van der Waals surface area (Å²) in [5.41, 5.74) is 3.64. The van der Waals surface area contributed by atoms with Crippen LogP contribution in [0.1, 0.15) is 49.0 Å². The number of rotatable bonds is 7. The van der Waals surface area contributed by atoms with Gasteiger partial charge in [0, 0.05) is 50.9 Å². The first-order valence-electron chi connectivity index (χ1n) is 10.8. The minimum Gasteiger partial charge on any atom is -0.461 e. The van der Waals surface area contributed by atoms with Crippen LogP contribution >= 0.6 is 34.7 Å². The second-order valence-electron chi connectivity index (χ2n) is 7.92. The standard InChI is InChI=1S/C25H26ClNO3S2/c1-3-31-11-9-30-25(29)22-15(2)27-19-13-17(21-8-5-10-32-21)14-20(28)24(19)23(22)16-6-4-7-18(26)12-16/h4-8,10,12,17,23,27H,3,9,11,13-14H2,1-2H3/t17-,23-/m0/s1. The number of allylic oxidation sites excluding steroid dienone is 3. The van der Waals surface area contributed by atoms with E-state index in [4.69, 9.17) is 16.3 Å². The summed E-state index contributed by atoms with van der Waals surface area (Å²) < 4.78 is 5.61. The SMILES string of the molecule is CCSCCOC(=O)C1=C(C)NC2=C(C(=O)C[C@@H](c3cccs3)C2)[C@H]1c1cccc(Cl)c1. The summed E-state index contributed by atoms with van der Waals surface area (Å²) in [7, 11) is 0. The first kappa shape index (κ1) is 23.1. The van der Waals surface area contributed by atoms with Crippen molar-refractivity contribution in [3.8, 4) is 0 Å². The fourth-order valence-electron chi connectivity index (χ4n) is 4.47. The van der Waals surface area contributed by atoms with Crippen LogP contribution in [0.2, 0.25) is 5.02 Å². The zero-order chi connectivity index (χ0) is 22.7. The van der Waals surface area contributed by atoms with Gasteiger partial charge in [0.05, 0.1) is 5.57 Å². The number of carbonyl (C=O) groups excluding carboxylic acids is 2. The van der Waals surface area contributed by atoms with Crippen LogP contribution < -0.4 is 5.32 Å². The van der Waals surface area contributed by atoms with E-state index in [9.17, 15) is 9.59 Å². The molecule has 0 unspecified atom stereocenters. The Bertz CT molecular complexity index is 1070. The van der Waals surface area contributed by atoms with Gasteiger partial charge in [-0.2, -0.15) is 11.8 Å². The Morgan fingerprint density at radius 2 is 2.12 bits per heavy atom. The van der Waals surface area contributed by atoms with Crippen molar-refractivity contribution in [2.75, 3.05) is 18.1 Å². The second-order valence-corrected chi connectivity index (χ2v) is 10.7. The third kappa shape index (κ3) is 4.82. The number of thioether (sulfide) groups is 1. The van der Waals surface area contributed by atoms with E-state index in [1.54, 1.807) is 29.2 Å². The van der Waals surface area contributed by atoms with Crippen molar-refractivity contribution in [3.63, 3.8) is 0 Å². The lowest BCUT2D eigenvalue weighted by molar-refractivity contribution is -0.138. The molecule has 0 saturated heterocycles. The van der Waals surface area contributed by atoms with Crippen LogP contribution in [0.15, 0.2) is 64.3 Å². The molecule has 1 aromatic heterocycles. The first-order valence-corrected chi connectivity index (χ1v) is 13.2. The number of nitrogens with one attached hydrogen (secondary N) is 1. The lowest BCUT2D eigenvalue weighted by atomic mass is 9.72. The van der Waals surface area contributed by atoms with Crippen LogP contribution in [-0.2, 0) is 14.3 Å². The zero-order valence-electron chi connectivity index (χ0n) is 18.2. The number of benzene rings is 1. The lowest BCUT2D eigenvalue weighted by Gasteiger charge is -2.36. The maximum atomic E-state index is 13.5. The van der Waals surface area contributed by atoms with Gasteiger partial charge >= 0.3 is 5.97 Å². The van der Waals surface area contributed by atoms with Crippen LogP contribution in [0.4, 0.5) is 0 Å². The van der Waals surface area contributed by atoms with E-state index in [2.05, 4.69) is 18.3 Å². The number of halogens is 1. The molecule has 168 valence electrons. The lowest BCUT2D eigenvalue weighted by Crippen LogP contribution is -2.36. The van der Waals surface area contributed by atoms with Gasteiger partial charge in [0.1, 0.15) is 6.61 Å². The van der Waals surface area contributed by atoms with Crippen molar-refractivity contribution < 1.29 is 14.3 Å². The molecule has 1 aromatic carbocycles. The molecule has 0 spiro atoms. The minimum absolute atomic E-state index is 0.0708. The molecular weight excluding hydrogens is 462 g/mol. The average Bonchev–Trinajstić information content (AvgIpc) is 3.30. The molecule has 2 heterocycles. The highest BCUT2D eigenvalue weighted by molar-refractivity contribution is 7.99. The molecule has 2 aliphatic rings. The predicted molar refractivity (Wildman–Crippen MR) is 132 cm³/mol. The predicted octanol–water partition coefficient (Wildman–Crippen LogP) is 6.06. The summed E-state index contributed by atoms with van der Waals surface area (Å²) in [6.07, 6.45) is 1.18. The molecular formula is C25H26ClNO3S2. The molecule has 1 aliphatic heterocycles. The largest absolute Gasteiger partial charge is 0.461 e. The third-order valence-electron chi connectivity index (χ3n) is 5.84. The van der Waals surface area contributed by atoms with Gasteiger partial charge in [-0.25, -0.2) is 4.79 Å². The zero-order valence-corrected chi connectivity index (χ0v) is 20.5. The molecule has 1 N–H and O–H groups in total. The normalized spacial score (nSPS) is 20.8. The topological polar surface area (TPSA) is 55.4 Å². The molecule has 7 heteroatoms. The summed E-state index contributed by atoms with van der Waals surface area (Å²) in [6, 6.07) is 11.5. The van der Waals surface area contributed by atoms with E-state index in [1.165, 1.54) is 4.88 Å². The Morgan fingerprint density at radius 3 is 2.84 bits per heavy atom. The highest BCUT2D eigenvalue weighted by Gasteiger charge is 2.41. The maximum absolute atomic E-state index is 13.5. The molecule has 0 amide bonds. The quantitative estimate of drug-likeness (QED) is 0.380. The number of ketones is 1. The van der Waals surface area contributed by atoms with Crippen molar-refractivity contribution in [2.24, 2.45) is 0 Å². The molecule has 2 atom stereocenters. The molecule has 4 rings (SSSR count). The first-order chi connectivity index (χ1) is 15.5. The van der Waals surface area contributed by atoms with Crippen molar-refractivity contribution in [1.29, 1.82) is 0 Å². The molecule has 0 fully saturated rings. The van der Waals surface area contributed by atoms with Gasteiger partial charge in [-0.1, -0.05) is 36.7 Å². The highest BCUT2D eigenvalue weighted by atomic mass is 35.5. The van der Waals surface area contributed by atoms with E-state index in [0.717, 1.165) is 34.9 Å². The number of hydrogen-bond acceptors (Lipinski definition) is 6. The smallest absolute Gasteiger partial charge is 0.336 e. The maximum Gasteiger partial charge on any atom is 0.336 e. The van der Waals surface area contributed by atoms with Gasteiger partial charge in [0.25, 0.3) is 0 Å². The van der Waals surface area contributed by atoms with E-state index in [0.29, 0.717) is 29.2 Å². The number of esters is 1. The molecule has 0 bridgehead atoms. The van der Waals surface area contributed by atoms with Crippen LogP contribution in [-0.4, -0.2) is 29.9 Å². The molecule has 0 radical (unpaired) electrons. The van der Waals surface area contributed by atoms with Crippen molar-refractivity contribution in [3.05, 3.63) is 79.8 Å². The molecule has 32 heavy (non-hydrogen) atoms. The van der Waals surface area contributed by atoms with Crippen LogP contribution in [0.3, 0.4) is 0 Å². The Hall–Kier alpha value is -2.02. The number of thiophene rings is 1. The van der Waals surface area contributed by atoms with E-state index in [1.807, 2.05) is 36.6 Å². The van der Waals surface area contributed by atoms with Crippen LogP contribution in [0, 0.1) is 0 Å². The van der Waals surface area contributed by atoms with Gasteiger partial charge < -0.3 is 10.1 Å². The van der Waals surface area contributed by atoms with Crippen LogP contribution in [0.5, 0.6) is 0 Å². The fourth-order valence-corrected chi connectivity index (χ4v) is 5.99. The monoisotopic (exact) mass is 487 g/mol. The fraction of sp³-hybridized carbons (Fsp3) is 0.360. The van der Waals surface area contributed by atoms with E-state index < -0.39 is 5.92 Å². The second kappa shape index (κ2) is 10.3. The summed E-state index contributed by atoms with van der Waals surface area (Å²) in [5.74, 6) is 1.09. The molecule has 1 aliphatic carbocycles. The number of Topliss-reactive ketones (excluding diaryl/α,β-unsaturated/α-hetero) is 1. The van der Waals surface area contributed by atoms with Gasteiger partial charge in [-0.3, -0.25) is 4.79 Å². The van der Waals surface area contributed by atoms with Gasteiger partial charge in [-0.15, -0.1) is 11.3 Å². The summed E-state index contributed by atoms with van der Waals surface area (Å²) in [5, 5.41) is 6.01. The minimum atomic E-state index is -0.479. The van der Waals surface area contributed by atoms with Crippen molar-refractivity contribution >= 4 is 46.5 Å². The van der Waals surface area contributed by atoms with Crippen molar-refractivity contribution in [2.45, 2.75) is 38.5 Å². The Balaban J connectivity index is 1.71. The molecule has 4 nitrogen and oxygen atoms in total. The van der Waals surface area contributed by atoms with Gasteiger partial charge in [0.2, 0.25) is 0 Å². The number of carbonyl (C=O) groups is 2.